The van der Waals surface area contributed by atoms with Crippen molar-refractivity contribution in [1.29, 1.82) is 0 Å². The fourth-order valence-electron chi connectivity index (χ4n) is 4.89. The number of likely N-dealkylation sites (tertiary alicyclic amines) is 1. The highest BCUT2D eigenvalue weighted by molar-refractivity contribution is 5.77. The zero-order chi connectivity index (χ0) is 17.4. The maximum absolute atomic E-state index is 12.4. The second-order valence-corrected chi connectivity index (χ2v) is 8.17. The second kappa shape index (κ2) is 6.47. The molecule has 1 aromatic rings. The summed E-state index contributed by atoms with van der Waals surface area (Å²) < 4.78 is 0. The third kappa shape index (κ3) is 3.19. The van der Waals surface area contributed by atoms with Gasteiger partial charge in [-0.2, -0.15) is 0 Å². The summed E-state index contributed by atoms with van der Waals surface area (Å²) in [6.07, 6.45) is 6.90. The molecule has 1 atom stereocenters. The van der Waals surface area contributed by atoms with E-state index in [0.717, 1.165) is 38.8 Å². The number of carbonyl (C=O) groups is 2. The SMILES string of the molecule is CNC(=O)CC1CC2(CCN(C(=O)CC3CC3)CC2)c2ccccc21. The Kier molecular flexibility index (Phi) is 4.30. The molecule has 1 saturated carbocycles. The molecule has 2 fully saturated rings. The van der Waals surface area contributed by atoms with Gasteiger partial charge in [0.05, 0.1) is 0 Å². The average molecular weight is 340 g/mol. The molecule has 0 bridgehead atoms. The van der Waals surface area contributed by atoms with Crippen LogP contribution in [0.25, 0.3) is 0 Å². The van der Waals surface area contributed by atoms with Gasteiger partial charge in [0, 0.05) is 33.0 Å². The Morgan fingerprint density at radius 3 is 2.56 bits per heavy atom. The summed E-state index contributed by atoms with van der Waals surface area (Å²) >= 11 is 0. The number of amides is 2. The molecule has 134 valence electrons. The van der Waals surface area contributed by atoms with Gasteiger partial charge in [0.2, 0.25) is 11.8 Å². The van der Waals surface area contributed by atoms with E-state index >= 15 is 0 Å². The molecule has 3 aliphatic rings. The topological polar surface area (TPSA) is 49.4 Å². The van der Waals surface area contributed by atoms with Crippen LogP contribution in [0.4, 0.5) is 0 Å². The summed E-state index contributed by atoms with van der Waals surface area (Å²) in [6.45, 7) is 1.74. The molecule has 25 heavy (non-hydrogen) atoms. The fraction of sp³-hybridized carbons (Fsp3) is 0.619. The highest BCUT2D eigenvalue weighted by atomic mass is 16.2. The zero-order valence-electron chi connectivity index (χ0n) is 15.1. The molecule has 1 heterocycles. The third-order valence-electron chi connectivity index (χ3n) is 6.55. The minimum absolute atomic E-state index is 0.119. The van der Waals surface area contributed by atoms with Gasteiger partial charge in [-0.25, -0.2) is 0 Å². The van der Waals surface area contributed by atoms with Gasteiger partial charge < -0.3 is 10.2 Å². The number of rotatable bonds is 4. The Hall–Kier alpha value is -1.84. The largest absolute Gasteiger partial charge is 0.359 e. The van der Waals surface area contributed by atoms with E-state index in [1.54, 1.807) is 7.05 Å². The van der Waals surface area contributed by atoms with E-state index in [-0.39, 0.29) is 11.3 Å². The lowest BCUT2D eigenvalue weighted by Gasteiger charge is -2.40. The lowest BCUT2D eigenvalue weighted by atomic mass is 9.73. The highest BCUT2D eigenvalue weighted by Crippen LogP contribution is 2.52. The Morgan fingerprint density at radius 1 is 1.16 bits per heavy atom. The normalized spacial score (nSPS) is 24.2. The number of nitrogens with one attached hydrogen (secondary N) is 1. The molecule has 4 heteroatoms. The van der Waals surface area contributed by atoms with Gasteiger partial charge >= 0.3 is 0 Å². The molecule has 2 amide bonds. The van der Waals surface area contributed by atoms with Crippen molar-refractivity contribution in [3.8, 4) is 0 Å². The third-order valence-corrected chi connectivity index (χ3v) is 6.55. The van der Waals surface area contributed by atoms with Gasteiger partial charge in [0.15, 0.2) is 0 Å². The van der Waals surface area contributed by atoms with E-state index in [4.69, 9.17) is 0 Å². The molecule has 1 N–H and O–H groups in total. The first-order valence-corrected chi connectivity index (χ1v) is 9.69. The Bertz CT molecular complexity index is 672. The van der Waals surface area contributed by atoms with Gasteiger partial charge in [-0.05, 0) is 60.5 Å². The van der Waals surface area contributed by atoms with Crippen LogP contribution in [0.15, 0.2) is 24.3 Å². The Morgan fingerprint density at radius 2 is 1.88 bits per heavy atom. The molecule has 1 aliphatic heterocycles. The van der Waals surface area contributed by atoms with Crippen LogP contribution >= 0.6 is 0 Å². The molecule has 2 aliphatic carbocycles. The first-order chi connectivity index (χ1) is 12.1. The van der Waals surface area contributed by atoms with Crippen LogP contribution in [-0.4, -0.2) is 36.9 Å². The van der Waals surface area contributed by atoms with Gasteiger partial charge in [0.1, 0.15) is 0 Å². The number of fused-ring (bicyclic) bond motifs is 2. The monoisotopic (exact) mass is 340 g/mol. The number of nitrogens with zero attached hydrogens (tertiary/aromatic N) is 1. The van der Waals surface area contributed by atoms with Crippen molar-refractivity contribution in [2.75, 3.05) is 20.1 Å². The molecule has 0 aromatic heterocycles. The van der Waals surface area contributed by atoms with E-state index in [9.17, 15) is 9.59 Å². The summed E-state index contributed by atoms with van der Waals surface area (Å²) in [5.74, 6) is 1.44. The molecular formula is C21H28N2O2. The molecule has 0 radical (unpaired) electrons. The van der Waals surface area contributed by atoms with Crippen molar-refractivity contribution in [2.24, 2.45) is 5.92 Å². The van der Waals surface area contributed by atoms with Gasteiger partial charge in [0.25, 0.3) is 0 Å². The van der Waals surface area contributed by atoms with Gasteiger partial charge in [-0.15, -0.1) is 0 Å². The van der Waals surface area contributed by atoms with Crippen molar-refractivity contribution in [2.45, 2.75) is 56.3 Å². The smallest absolute Gasteiger partial charge is 0.222 e. The van der Waals surface area contributed by atoms with E-state index in [1.165, 1.54) is 24.0 Å². The first kappa shape index (κ1) is 16.6. The van der Waals surface area contributed by atoms with Gasteiger partial charge in [-0.3, -0.25) is 9.59 Å². The van der Waals surface area contributed by atoms with E-state index in [2.05, 4.69) is 34.5 Å². The molecule has 1 aromatic carbocycles. The Balaban J connectivity index is 1.48. The lowest BCUT2D eigenvalue weighted by molar-refractivity contribution is -0.133. The van der Waals surface area contributed by atoms with E-state index < -0.39 is 0 Å². The lowest BCUT2D eigenvalue weighted by Crippen LogP contribution is -2.44. The number of hydrogen-bond acceptors (Lipinski definition) is 2. The zero-order valence-corrected chi connectivity index (χ0v) is 15.1. The summed E-state index contributed by atoms with van der Waals surface area (Å²) in [5.41, 5.74) is 2.94. The van der Waals surface area contributed by atoms with Crippen molar-refractivity contribution in [1.82, 2.24) is 10.2 Å². The number of carbonyl (C=O) groups excluding carboxylic acids is 2. The van der Waals surface area contributed by atoms with E-state index in [1.807, 2.05) is 0 Å². The maximum Gasteiger partial charge on any atom is 0.222 e. The number of piperidine rings is 1. The van der Waals surface area contributed by atoms with Crippen LogP contribution < -0.4 is 5.32 Å². The van der Waals surface area contributed by atoms with Gasteiger partial charge in [-0.1, -0.05) is 24.3 Å². The highest BCUT2D eigenvalue weighted by Gasteiger charge is 2.46. The minimum Gasteiger partial charge on any atom is -0.359 e. The summed E-state index contributed by atoms with van der Waals surface area (Å²) in [4.78, 5) is 26.4. The molecule has 1 unspecified atom stereocenters. The molecule has 1 saturated heterocycles. The van der Waals surface area contributed by atoms with E-state index in [0.29, 0.717) is 24.2 Å². The van der Waals surface area contributed by atoms with Crippen LogP contribution in [0.3, 0.4) is 0 Å². The summed E-state index contributed by atoms with van der Waals surface area (Å²) in [6, 6.07) is 8.65. The van der Waals surface area contributed by atoms with Crippen LogP contribution in [-0.2, 0) is 15.0 Å². The quantitative estimate of drug-likeness (QED) is 0.916. The van der Waals surface area contributed by atoms with Crippen LogP contribution in [0.5, 0.6) is 0 Å². The number of hydrogen-bond donors (Lipinski definition) is 1. The predicted molar refractivity (Wildman–Crippen MR) is 97.3 cm³/mol. The van der Waals surface area contributed by atoms with Crippen molar-refractivity contribution < 1.29 is 9.59 Å². The molecule has 4 nitrogen and oxygen atoms in total. The van der Waals surface area contributed by atoms with Crippen LogP contribution in [0.1, 0.15) is 62.0 Å². The Labute approximate surface area is 150 Å². The van der Waals surface area contributed by atoms with Crippen molar-refractivity contribution >= 4 is 11.8 Å². The minimum atomic E-state index is 0.119. The maximum atomic E-state index is 12.4. The molecule has 4 rings (SSSR count). The second-order valence-electron chi connectivity index (χ2n) is 8.17. The van der Waals surface area contributed by atoms with Crippen molar-refractivity contribution in [3.63, 3.8) is 0 Å². The summed E-state index contributed by atoms with van der Waals surface area (Å²) in [7, 11) is 1.71. The average Bonchev–Trinajstić information content (AvgIpc) is 3.40. The predicted octanol–water partition coefficient (Wildman–Crippen LogP) is 2.97. The van der Waals surface area contributed by atoms with Crippen molar-refractivity contribution in [3.05, 3.63) is 35.4 Å². The molecule has 1 spiro atoms. The fourth-order valence-corrected chi connectivity index (χ4v) is 4.89. The molecular weight excluding hydrogens is 312 g/mol. The first-order valence-electron chi connectivity index (χ1n) is 9.69. The standard InChI is InChI=1S/C21H28N2O2/c1-22-19(24)13-16-14-21(18-5-3-2-4-17(16)18)8-10-23(11-9-21)20(25)12-15-6-7-15/h2-5,15-16H,6-14H2,1H3,(H,22,24). The number of benzene rings is 1. The summed E-state index contributed by atoms with van der Waals surface area (Å²) in [5, 5.41) is 2.77. The van der Waals surface area contributed by atoms with Crippen LogP contribution in [0.2, 0.25) is 0 Å². The van der Waals surface area contributed by atoms with Crippen LogP contribution in [0, 0.1) is 5.92 Å².